The molecule has 2 aromatic rings. The molecule has 0 fully saturated rings. The molecule has 2 N–H and O–H groups in total. The Hall–Kier alpha value is -1.02. The van der Waals surface area contributed by atoms with Crippen LogP contribution < -0.4 is 5.73 Å². The van der Waals surface area contributed by atoms with E-state index in [-0.39, 0.29) is 0 Å². The normalized spacial score (nSPS) is 14.2. The minimum absolute atomic E-state index is 0.500. The second-order valence-electron chi connectivity index (χ2n) is 5.11. The molecule has 0 amide bonds. The van der Waals surface area contributed by atoms with Crippen LogP contribution in [-0.2, 0) is 12.0 Å². The molecule has 1 nitrogen and oxygen atoms in total. The molecule has 0 aromatic heterocycles. The highest BCUT2D eigenvalue weighted by Gasteiger charge is 2.25. The molecule has 1 unspecified atom stereocenters. The topological polar surface area (TPSA) is 26.0 Å². The van der Waals surface area contributed by atoms with Crippen LogP contribution in [0, 0.1) is 6.92 Å². The van der Waals surface area contributed by atoms with Gasteiger partial charge in [-0.25, -0.2) is 0 Å². The maximum absolute atomic E-state index is 6.49. The molecule has 0 bridgehead atoms. The van der Waals surface area contributed by atoms with Gasteiger partial charge in [-0.1, -0.05) is 53.5 Å². The average Bonchev–Trinajstić information content (AvgIpc) is 2.34. The molecule has 2 aromatic carbocycles. The number of benzene rings is 2. The predicted molar refractivity (Wildman–Crippen MR) is 82.9 cm³/mol. The van der Waals surface area contributed by atoms with Crippen molar-refractivity contribution in [2.75, 3.05) is 0 Å². The van der Waals surface area contributed by atoms with Gasteiger partial charge in [-0.3, -0.25) is 0 Å². The van der Waals surface area contributed by atoms with E-state index in [0.717, 1.165) is 11.1 Å². The molecular weight excluding hydrogens is 277 g/mol. The molecule has 0 radical (unpaired) electrons. The quantitative estimate of drug-likeness (QED) is 0.871. The third-order valence-electron chi connectivity index (χ3n) is 3.37. The molecule has 0 aliphatic heterocycles. The number of halogens is 2. The van der Waals surface area contributed by atoms with Crippen LogP contribution in [0.2, 0.25) is 10.0 Å². The summed E-state index contributed by atoms with van der Waals surface area (Å²) in [6.07, 6.45) is 0.608. The minimum atomic E-state index is -0.500. The Labute approximate surface area is 124 Å². The van der Waals surface area contributed by atoms with Crippen molar-refractivity contribution in [1.29, 1.82) is 0 Å². The van der Waals surface area contributed by atoms with E-state index in [4.69, 9.17) is 28.9 Å². The molecule has 0 saturated heterocycles. The first-order valence-corrected chi connectivity index (χ1v) is 6.95. The summed E-state index contributed by atoms with van der Waals surface area (Å²) < 4.78 is 0. The molecule has 1 atom stereocenters. The summed E-state index contributed by atoms with van der Waals surface area (Å²) in [7, 11) is 0. The van der Waals surface area contributed by atoms with Crippen molar-refractivity contribution >= 4 is 23.2 Å². The molecule has 0 aliphatic carbocycles. The van der Waals surface area contributed by atoms with E-state index in [1.807, 2.05) is 37.3 Å². The van der Waals surface area contributed by atoms with E-state index in [1.165, 1.54) is 5.56 Å². The Morgan fingerprint density at radius 1 is 1.00 bits per heavy atom. The maximum atomic E-state index is 6.49. The van der Waals surface area contributed by atoms with Gasteiger partial charge in [0.25, 0.3) is 0 Å². The highest BCUT2D eigenvalue weighted by molar-refractivity contribution is 6.36. The first kappa shape index (κ1) is 14.4. The lowest BCUT2D eigenvalue weighted by Crippen LogP contribution is -2.36. The molecule has 0 spiro atoms. The van der Waals surface area contributed by atoms with Crippen molar-refractivity contribution in [3.05, 3.63) is 69.2 Å². The van der Waals surface area contributed by atoms with Crippen molar-refractivity contribution < 1.29 is 0 Å². The Kier molecular flexibility index (Phi) is 4.19. The number of rotatable bonds is 3. The van der Waals surface area contributed by atoms with Gasteiger partial charge in [0.1, 0.15) is 0 Å². The first-order chi connectivity index (χ1) is 8.92. The lowest BCUT2D eigenvalue weighted by Gasteiger charge is -2.28. The van der Waals surface area contributed by atoms with Gasteiger partial charge < -0.3 is 5.73 Å². The zero-order chi connectivity index (χ0) is 14.0. The van der Waals surface area contributed by atoms with Crippen molar-refractivity contribution in [2.24, 2.45) is 5.73 Å². The van der Waals surface area contributed by atoms with Gasteiger partial charge >= 0.3 is 0 Å². The van der Waals surface area contributed by atoms with Crippen molar-refractivity contribution in [2.45, 2.75) is 25.8 Å². The van der Waals surface area contributed by atoms with Gasteiger partial charge in [0.05, 0.1) is 0 Å². The fourth-order valence-corrected chi connectivity index (χ4v) is 2.91. The van der Waals surface area contributed by atoms with E-state index >= 15 is 0 Å². The molecule has 3 heteroatoms. The molecule has 0 aliphatic rings. The van der Waals surface area contributed by atoms with E-state index in [1.54, 1.807) is 0 Å². The average molecular weight is 294 g/mol. The summed E-state index contributed by atoms with van der Waals surface area (Å²) in [4.78, 5) is 0. The van der Waals surface area contributed by atoms with Crippen LogP contribution in [0.4, 0.5) is 0 Å². The van der Waals surface area contributed by atoms with Crippen LogP contribution in [0.25, 0.3) is 0 Å². The summed E-state index contributed by atoms with van der Waals surface area (Å²) in [5.74, 6) is 0. The molecule has 0 saturated carbocycles. The Bertz CT molecular complexity index is 571. The lowest BCUT2D eigenvalue weighted by atomic mass is 9.84. The Morgan fingerprint density at radius 3 is 2.16 bits per heavy atom. The molecule has 0 heterocycles. The number of hydrogen-bond donors (Lipinski definition) is 1. The molecule has 19 heavy (non-hydrogen) atoms. The summed E-state index contributed by atoms with van der Waals surface area (Å²) in [6, 6.07) is 13.7. The molecule has 2 rings (SSSR count). The van der Waals surface area contributed by atoms with Gasteiger partial charge in [-0.2, -0.15) is 0 Å². The Morgan fingerprint density at radius 2 is 1.58 bits per heavy atom. The summed E-state index contributed by atoms with van der Waals surface area (Å²) in [5.41, 5.74) is 9.19. The van der Waals surface area contributed by atoms with E-state index in [0.29, 0.717) is 16.5 Å². The van der Waals surface area contributed by atoms with Gasteiger partial charge in [0.2, 0.25) is 0 Å². The molecular formula is C16H17Cl2N. The van der Waals surface area contributed by atoms with Gasteiger partial charge in [0.15, 0.2) is 0 Å². The summed E-state index contributed by atoms with van der Waals surface area (Å²) in [5, 5.41) is 1.33. The van der Waals surface area contributed by atoms with Crippen LogP contribution in [0.1, 0.15) is 23.6 Å². The van der Waals surface area contributed by atoms with Gasteiger partial charge in [-0.15, -0.1) is 0 Å². The predicted octanol–water partition coefficient (Wildman–Crippen LogP) is 4.72. The van der Waals surface area contributed by atoms with Crippen LogP contribution >= 0.6 is 23.2 Å². The van der Waals surface area contributed by atoms with Crippen LogP contribution in [-0.4, -0.2) is 0 Å². The number of nitrogens with two attached hydrogens (primary N) is 1. The van der Waals surface area contributed by atoms with E-state index < -0.39 is 5.54 Å². The van der Waals surface area contributed by atoms with Gasteiger partial charge in [0, 0.05) is 15.6 Å². The zero-order valence-corrected chi connectivity index (χ0v) is 12.6. The molecule has 100 valence electrons. The van der Waals surface area contributed by atoms with Crippen LogP contribution in [0.5, 0.6) is 0 Å². The second kappa shape index (κ2) is 5.54. The van der Waals surface area contributed by atoms with Crippen LogP contribution in [0.15, 0.2) is 42.5 Å². The second-order valence-corrected chi connectivity index (χ2v) is 5.92. The highest BCUT2D eigenvalue weighted by atomic mass is 35.5. The SMILES string of the molecule is Cc1ccccc1C(C)(N)Cc1c(Cl)cccc1Cl. The highest BCUT2D eigenvalue weighted by Crippen LogP contribution is 2.32. The first-order valence-electron chi connectivity index (χ1n) is 6.20. The summed E-state index contributed by atoms with van der Waals surface area (Å²) in [6.45, 7) is 4.07. The summed E-state index contributed by atoms with van der Waals surface area (Å²) >= 11 is 12.4. The van der Waals surface area contributed by atoms with Gasteiger partial charge in [-0.05, 0) is 49.1 Å². The Balaban J connectivity index is 2.39. The lowest BCUT2D eigenvalue weighted by molar-refractivity contribution is 0.489. The minimum Gasteiger partial charge on any atom is -0.321 e. The largest absolute Gasteiger partial charge is 0.321 e. The number of hydrogen-bond acceptors (Lipinski definition) is 1. The third-order valence-corrected chi connectivity index (χ3v) is 4.07. The number of aryl methyl sites for hydroxylation is 1. The van der Waals surface area contributed by atoms with E-state index in [9.17, 15) is 0 Å². The smallest absolute Gasteiger partial charge is 0.0453 e. The standard InChI is InChI=1S/C16H17Cl2N/c1-11-6-3-4-7-13(11)16(2,19)10-12-14(17)8-5-9-15(12)18/h3-9H,10,19H2,1-2H3. The zero-order valence-electron chi connectivity index (χ0n) is 11.1. The van der Waals surface area contributed by atoms with E-state index in [2.05, 4.69) is 19.1 Å². The monoisotopic (exact) mass is 293 g/mol. The third kappa shape index (κ3) is 3.11. The van der Waals surface area contributed by atoms with Crippen molar-refractivity contribution in [3.63, 3.8) is 0 Å². The maximum Gasteiger partial charge on any atom is 0.0453 e. The van der Waals surface area contributed by atoms with Crippen molar-refractivity contribution in [1.82, 2.24) is 0 Å². The fraction of sp³-hybridized carbons (Fsp3) is 0.250. The van der Waals surface area contributed by atoms with Crippen molar-refractivity contribution in [3.8, 4) is 0 Å². The van der Waals surface area contributed by atoms with Crippen LogP contribution in [0.3, 0.4) is 0 Å². The fourth-order valence-electron chi connectivity index (χ4n) is 2.38.